The summed E-state index contributed by atoms with van der Waals surface area (Å²) < 4.78 is 10.9. The molecule has 3 rings (SSSR count). The molecule has 0 aliphatic carbocycles. The average molecular weight is 421 g/mol. The van der Waals surface area contributed by atoms with E-state index in [1.54, 1.807) is 25.7 Å². The normalized spacial score (nSPS) is 21.9. The lowest BCUT2D eigenvalue weighted by Crippen LogP contribution is -2.52. The Labute approximate surface area is 175 Å². The van der Waals surface area contributed by atoms with Crippen LogP contribution in [0, 0.1) is 0 Å². The molecule has 0 radical (unpaired) electrons. The minimum absolute atomic E-state index is 0.182. The monoisotopic (exact) mass is 420 g/mol. The molecule has 2 atom stereocenters. The summed E-state index contributed by atoms with van der Waals surface area (Å²) in [5, 5.41) is 0. The van der Waals surface area contributed by atoms with Crippen molar-refractivity contribution in [3.05, 3.63) is 35.9 Å². The highest BCUT2D eigenvalue weighted by atomic mass is 32.2. The molecule has 158 valence electrons. The van der Waals surface area contributed by atoms with Crippen LogP contribution in [0.3, 0.4) is 0 Å². The van der Waals surface area contributed by atoms with Gasteiger partial charge in [0.05, 0.1) is 5.88 Å². The van der Waals surface area contributed by atoms with Gasteiger partial charge < -0.3 is 14.4 Å². The van der Waals surface area contributed by atoms with Crippen molar-refractivity contribution >= 4 is 29.7 Å². The van der Waals surface area contributed by atoms with Gasteiger partial charge in [-0.3, -0.25) is 9.69 Å². The maximum Gasteiger partial charge on any atom is 0.411 e. The van der Waals surface area contributed by atoms with Crippen LogP contribution in [0.4, 0.5) is 4.79 Å². The molecule has 2 amide bonds. The zero-order valence-electron chi connectivity index (χ0n) is 17.1. The fourth-order valence-electron chi connectivity index (χ4n) is 3.44. The molecule has 0 aromatic heterocycles. The van der Waals surface area contributed by atoms with Gasteiger partial charge in [-0.15, -0.1) is 11.8 Å². The molecule has 29 heavy (non-hydrogen) atoms. The fourth-order valence-corrected chi connectivity index (χ4v) is 4.57. The number of rotatable bonds is 4. The highest BCUT2D eigenvalue weighted by Crippen LogP contribution is 2.28. The molecule has 1 aromatic carbocycles. The van der Waals surface area contributed by atoms with Gasteiger partial charge in [-0.2, -0.15) is 0 Å². The van der Waals surface area contributed by atoms with Gasteiger partial charge in [0.1, 0.15) is 24.3 Å². The van der Waals surface area contributed by atoms with E-state index in [1.165, 1.54) is 16.7 Å². The molecular formula is C21H28N2O5S. The summed E-state index contributed by atoms with van der Waals surface area (Å²) >= 11 is 1.51. The maximum absolute atomic E-state index is 13.2. The number of carbonyl (C=O) groups is 3. The van der Waals surface area contributed by atoms with Crippen LogP contribution in [0.2, 0.25) is 0 Å². The number of thioether (sulfide) groups is 1. The van der Waals surface area contributed by atoms with Gasteiger partial charge in [0, 0.05) is 12.3 Å². The molecule has 0 saturated carbocycles. The molecule has 0 spiro atoms. The van der Waals surface area contributed by atoms with E-state index in [9.17, 15) is 14.4 Å². The van der Waals surface area contributed by atoms with Crippen molar-refractivity contribution in [1.82, 2.24) is 9.80 Å². The second-order valence-corrected chi connectivity index (χ2v) is 9.25. The van der Waals surface area contributed by atoms with E-state index in [0.29, 0.717) is 24.6 Å². The van der Waals surface area contributed by atoms with Crippen LogP contribution in [0.1, 0.15) is 39.2 Å². The summed E-state index contributed by atoms with van der Waals surface area (Å²) in [6, 6.07) is 8.24. The van der Waals surface area contributed by atoms with Gasteiger partial charge in [-0.1, -0.05) is 30.3 Å². The molecule has 2 heterocycles. The lowest BCUT2D eigenvalue weighted by atomic mass is 10.2. The molecule has 2 saturated heterocycles. The SMILES string of the molecule is CC(C)(C)OC(=O)N1CSC[C@@H]1C(=O)N1CCC[C@H]1C(=O)OCc1ccccc1. The smallest absolute Gasteiger partial charge is 0.411 e. The third-order valence-corrected chi connectivity index (χ3v) is 5.84. The summed E-state index contributed by atoms with van der Waals surface area (Å²) in [6.45, 7) is 6.06. The zero-order valence-corrected chi connectivity index (χ0v) is 17.9. The number of carbonyl (C=O) groups excluding carboxylic acids is 3. The van der Waals surface area contributed by atoms with E-state index in [0.717, 1.165) is 12.0 Å². The number of esters is 1. The predicted octanol–water partition coefficient (Wildman–Crippen LogP) is 3.03. The van der Waals surface area contributed by atoms with Crippen molar-refractivity contribution in [3.63, 3.8) is 0 Å². The van der Waals surface area contributed by atoms with Gasteiger partial charge in [0.15, 0.2) is 0 Å². The molecular weight excluding hydrogens is 392 g/mol. The van der Waals surface area contributed by atoms with Crippen molar-refractivity contribution in [1.29, 1.82) is 0 Å². The number of ether oxygens (including phenoxy) is 2. The number of likely N-dealkylation sites (tertiary alicyclic amines) is 1. The number of nitrogens with zero attached hydrogens (tertiary/aromatic N) is 2. The molecule has 8 heteroatoms. The van der Waals surface area contributed by atoms with Gasteiger partial charge in [0.25, 0.3) is 0 Å². The van der Waals surface area contributed by atoms with E-state index in [2.05, 4.69) is 0 Å². The number of amides is 2. The van der Waals surface area contributed by atoms with Crippen LogP contribution < -0.4 is 0 Å². The highest BCUT2D eigenvalue weighted by molar-refractivity contribution is 7.99. The van der Waals surface area contributed by atoms with Gasteiger partial charge in [-0.05, 0) is 39.2 Å². The van der Waals surface area contributed by atoms with Crippen LogP contribution in [0.15, 0.2) is 30.3 Å². The van der Waals surface area contributed by atoms with Crippen LogP contribution >= 0.6 is 11.8 Å². The summed E-state index contributed by atoms with van der Waals surface area (Å²) in [6.07, 6.45) is 0.817. The van der Waals surface area contributed by atoms with Crippen molar-refractivity contribution in [2.45, 2.75) is 57.9 Å². The van der Waals surface area contributed by atoms with E-state index >= 15 is 0 Å². The van der Waals surface area contributed by atoms with Crippen LogP contribution in [-0.2, 0) is 25.7 Å². The second kappa shape index (κ2) is 9.07. The van der Waals surface area contributed by atoms with Crippen LogP contribution in [0.25, 0.3) is 0 Å². The third kappa shape index (κ3) is 5.44. The first-order valence-electron chi connectivity index (χ1n) is 9.84. The number of benzene rings is 1. The van der Waals surface area contributed by atoms with Crippen LogP contribution in [0.5, 0.6) is 0 Å². The largest absolute Gasteiger partial charge is 0.459 e. The molecule has 2 aliphatic heterocycles. The molecule has 0 N–H and O–H groups in total. The fraction of sp³-hybridized carbons (Fsp3) is 0.571. The average Bonchev–Trinajstić information content (AvgIpc) is 3.34. The molecule has 2 aliphatic rings. The van der Waals surface area contributed by atoms with E-state index in [1.807, 2.05) is 30.3 Å². The Morgan fingerprint density at radius 3 is 2.52 bits per heavy atom. The first kappa shape index (κ1) is 21.5. The minimum Gasteiger partial charge on any atom is -0.459 e. The van der Waals surface area contributed by atoms with Gasteiger partial charge in [0.2, 0.25) is 5.91 Å². The molecule has 2 fully saturated rings. The Balaban J connectivity index is 1.62. The first-order valence-corrected chi connectivity index (χ1v) is 11.0. The quantitative estimate of drug-likeness (QED) is 0.697. The molecule has 1 aromatic rings. The maximum atomic E-state index is 13.2. The van der Waals surface area contributed by atoms with Crippen molar-refractivity contribution < 1.29 is 23.9 Å². The molecule has 0 unspecified atom stereocenters. The topological polar surface area (TPSA) is 76.2 Å². The third-order valence-electron chi connectivity index (χ3n) is 4.83. The van der Waals surface area contributed by atoms with Crippen molar-refractivity contribution in [2.75, 3.05) is 18.2 Å². The zero-order chi connectivity index (χ0) is 21.0. The minimum atomic E-state index is -0.630. The lowest BCUT2D eigenvalue weighted by molar-refractivity contribution is -0.155. The van der Waals surface area contributed by atoms with E-state index in [4.69, 9.17) is 9.47 Å². The van der Waals surface area contributed by atoms with E-state index < -0.39 is 29.7 Å². The summed E-state index contributed by atoms with van der Waals surface area (Å²) in [4.78, 5) is 41.3. The van der Waals surface area contributed by atoms with Crippen molar-refractivity contribution in [2.24, 2.45) is 0 Å². The van der Waals surface area contributed by atoms with Crippen molar-refractivity contribution in [3.8, 4) is 0 Å². The summed E-state index contributed by atoms with van der Waals surface area (Å²) in [5.74, 6) is 0.303. The van der Waals surface area contributed by atoms with Crippen LogP contribution in [-0.4, -0.2) is 63.6 Å². The Bertz CT molecular complexity index is 749. The molecule has 7 nitrogen and oxygen atoms in total. The lowest BCUT2D eigenvalue weighted by Gasteiger charge is -2.31. The Morgan fingerprint density at radius 1 is 1.10 bits per heavy atom. The summed E-state index contributed by atoms with van der Waals surface area (Å²) in [7, 11) is 0. The van der Waals surface area contributed by atoms with E-state index in [-0.39, 0.29) is 12.5 Å². The highest BCUT2D eigenvalue weighted by Gasteiger charge is 2.44. The number of hydrogen-bond acceptors (Lipinski definition) is 6. The predicted molar refractivity (Wildman–Crippen MR) is 110 cm³/mol. The number of hydrogen-bond donors (Lipinski definition) is 0. The Morgan fingerprint density at radius 2 is 1.83 bits per heavy atom. The summed E-state index contributed by atoms with van der Waals surface area (Å²) in [5.41, 5.74) is 0.273. The Kier molecular flexibility index (Phi) is 6.72. The van der Waals surface area contributed by atoms with Gasteiger partial charge >= 0.3 is 12.1 Å². The molecule has 0 bridgehead atoms. The Hall–Kier alpha value is -2.22. The second-order valence-electron chi connectivity index (χ2n) is 8.25. The first-order chi connectivity index (χ1) is 13.8. The standard InChI is InChI=1S/C21H28N2O5S/c1-21(2,3)28-20(26)23-14-29-13-17(23)18(24)22-11-7-10-16(22)19(25)27-12-15-8-5-4-6-9-15/h4-6,8-9,16-17H,7,10-14H2,1-3H3/t16-,17+/m0/s1. The van der Waals surface area contributed by atoms with Gasteiger partial charge in [-0.25, -0.2) is 9.59 Å².